The fourth-order valence-corrected chi connectivity index (χ4v) is 2.01. The van der Waals surface area contributed by atoms with E-state index in [1.807, 2.05) is 0 Å². The predicted octanol–water partition coefficient (Wildman–Crippen LogP) is 3.97. The van der Waals surface area contributed by atoms with Crippen LogP contribution < -0.4 is 5.63 Å². The van der Waals surface area contributed by atoms with Gasteiger partial charge in [-0.15, -0.1) is 0 Å². The Kier molecular flexibility index (Phi) is 2.38. The molecule has 0 amide bonds. The number of fused-ring (bicyclic) bond motifs is 2. The van der Waals surface area contributed by atoms with E-state index in [4.69, 9.17) is 4.42 Å². The lowest BCUT2D eigenvalue weighted by molar-refractivity contribution is -0.139. The van der Waals surface area contributed by atoms with Gasteiger partial charge in [0.05, 0.1) is 0 Å². The zero-order valence-corrected chi connectivity index (χ0v) is 9.49. The van der Waals surface area contributed by atoms with Crippen LogP contribution in [0.1, 0.15) is 5.56 Å². The van der Waals surface area contributed by atoms with Gasteiger partial charge in [0.2, 0.25) is 0 Å². The zero-order chi connectivity index (χ0) is 13.6. The van der Waals surface area contributed by atoms with Gasteiger partial charge in [0, 0.05) is 5.39 Å². The first-order chi connectivity index (χ1) is 8.95. The number of rotatable bonds is 0. The van der Waals surface area contributed by atoms with Gasteiger partial charge in [-0.05, 0) is 29.0 Å². The molecule has 0 aliphatic carbocycles. The molecule has 2 nitrogen and oxygen atoms in total. The molecule has 96 valence electrons. The molecule has 5 heteroatoms. The van der Waals surface area contributed by atoms with E-state index in [1.165, 1.54) is 0 Å². The Balaban J connectivity index is 2.40. The smallest absolute Gasteiger partial charge is 0.422 e. The van der Waals surface area contributed by atoms with Crippen molar-refractivity contribution in [2.45, 2.75) is 6.18 Å². The third-order valence-electron chi connectivity index (χ3n) is 2.91. The van der Waals surface area contributed by atoms with Crippen molar-refractivity contribution in [1.82, 2.24) is 0 Å². The van der Waals surface area contributed by atoms with E-state index in [2.05, 4.69) is 0 Å². The zero-order valence-electron chi connectivity index (χ0n) is 9.49. The average Bonchev–Trinajstić information content (AvgIpc) is 2.34. The maximum atomic E-state index is 12.6. The number of halogens is 3. The largest absolute Gasteiger partial charge is 0.423 e. The van der Waals surface area contributed by atoms with Gasteiger partial charge in [0.25, 0.3) is 0 Å². The first-order valence-electron chi connectivity index (χ1n) is 5.49. The summed E-state index contributed by atoms with van der Waals surface area (Å²) in [6, 6.07) is 11.1. The van der Waals surface area contributed by atoms with Crippen LogP contribution in [0.2, 0.25) is 0 Å². The molecule has 3 aromatic rings. The van der Waals surface area contributed by atoms with E-state index >= 15 is 0 Å². The Morgan fingerprint density at radius 3 is 2.16 bits per heavy atom. The summed E-state index contributed by atoms with van der Waals surface area (Å²) in [6.07, 6.45) is -4.71. The second-order valence-electron chi connectivity index (χ2n) is 4.18. The number of hydrogen-bond donors (Lipinski definition) is 0. The van der Waals surface area contributed by atoms with E-state index in [0.717, 1.165) is 16.8 Å². The van der Waals surface area contributed by atoms with E-state index in [9.17, 15) is 18.0 Å². The minimum Gasteiger partial charge on any atom is -0.422 e. The molecule has 3 rings (SSSR count). The summed E-state index contributed by atoms with van der Waals surface area (Å²) >= 11 is 0. The molecular weight excluding hydrogens is 257 g/mol. The summed E-state index contributed by atoms with van der Waals surface area (Å²) in [5.41, 5.74) is -2.50. The first-order valence-corrected chi connectivity index (χ1v) is 5.49. The fraction of sp³-hybridized carbons (Fsp3) is 0.0714. The molecule has 0 spiro atoms. The monoisotopic (exact) mass is 264 g/mol. The molecule has 0 atom stereocenters. The standard InChI is InChI=1S/C14H7F3O2/c15-14(16,17)11-6-10-5-8-3-1-2-4-9(8)7-12(10)19-13(11)18/h1-7H. The van der Waals surface area contributed by atoms with Crippen LogP contribution in [-0.4, -0.2) is 0 Å². The second-order valence-corrected chi connectivity index (χ2v) is 4.18. The van der Waals surface area contributed by atoms with Crippen molar-refractivity contribution in [3.8, 4) is 0 Å². The Morgan fingerprint density at radius 1 is 0.895 bits per heavy atom. The predicted molar refractivity (Wildman–Crippen MR) is 65.0 cm³/mol. The van der Waals surface area contributed by atoms with E-state index in [-0.39, 0.29) is 11.0 Å². The highest BCUT2D eigenvalue weighted by Gasteiger charge is 2.35. The second kappa shape index (κ2) is 3.85. The van der Waals surface area contributed by atoms with Crippen LogP contribution in [0.15, 0.2) is 51.7 Å². The molecule has 0 radical (unpaired) electrons. The van der Waals surface area contributed by atoms with Crippen molar-refractivity contribution in [1.29, 1.82) is 0 Å². The summed E-state index contributed by atoms with van der Waals surface area (Å²) in [7, 11) is 0. The molecule has 19 heavy (non-hydrogen) atoms. The van der Waals surface area contributed by atoms with Crippen molar-refractivity contribution in [2.75, 3.05) is 0 Å². The molecule has 0 aliphatic rings. The minimum absolute atomic E-state index is 0.150. The summed E-state index contributed by atoms with van der Waals surface area (Å²) in [5.74, 6) is 0. The summed E-state index contributed by atoms with van der Waals surface area (Å²) in [6.45, 7) is 0. The Hall–Kier alpha value is -2.30. The van der Waals surface area contributed by atoms with Crippen molar-refractivity contribution >= 4 is 21.7 Å². The van der Waals surface area contributed by atoms with Gasteiger partial charge in [0.15, 0.2) is 0 Å². The van der Waals surface area contributed by atoms with Crippen LogP contribution in [0.25, 0.3) is 21.7 Å². The third kappa shape index (κ3) is 1.97. The van der Waals surface area contributed by atoms with Crippen molar-refractivity contribution in [3.63, 3.8) is 0 Å². The number of alkyl halides is 3. The van der Waals surface area contributed by atoms with Crippen molar-refractivity contribution < 1.29 is 17.6 Å². The minimum atomic E-state index is -4.71. The highest BCUT2D eigenvalue weighted by Crippen LogP contribution is 2.30. The van der Waals surface area contributed by atoms with Crippen LogP contribution in [0.3, 0.4) is 0 Å². The van der Waals surface area contributed by atoms with Crippen LogP contribution in [0.4, 0.5) is 13.2 Å². The summed E-state index contributed by atoms with van der Waals surface area (Å²) in [5, 5.41) is 1.85. The SMILES string of the molecule is O=c1oc2cc3ccccc3cc2cc1C(F)(F)F. The van der Waals surface area contributed by atoms with Gasteiger partial charge < -0.3 is 4.42 Å². The van der Waals surface area contributed by atoms with Gasteiger partial charge in [-0.25, -0.2) is 4.79 Å². The van der Waals surface area contributed by atoms with Crippen LogP contribution in [-0.2, 0) is 6.18 Å². The molecule has 1 aromatic heterocycles. The molecule has 0 bridgehead atoms. The molecule has 0 N–H and O–H groups in total. The molecule has 0 saturated heterocycles. The van der Waals surface area contributed by atoms with Crippen LogP contribution in [0, 0.1) is 0 Å². The molecule has 0 fully saturated rings. The lowest BCUT2D eigenvalue weighted by Crippen LogP contribution is -2.17. The maximum Gasteiger partial charge on any atom is 0.423 e. The lowest BCUT2D eigenvalue weighted by Gasteiger charge is -2.06. The van der Waals surface area contributed by atoms with Crippen LogP contribution in [0.5, 0.6) is 0 Å². The van der Waals surface area contributed by atoms with Gasteiger partial charge in [0.1, 0.15) is 11.1 Å². The average molecular weight is 264 g/mol. The number of hydrogen-bond acceptors (Lipinski definition) is 2. The van der Waals surface area contributed by atoms with Gasteiger partial charge >= 0.3 is 11.8 Å². The van der Waals surface area contributed by atoms with E-state index in [0.29, 0.717) is 0 Å². The molecule has 0 aliphatic heterocycles. The molecule has 1 heterocycles. The molecule has 0 saturated carbocycles. The Labute approximate surface area is 105 Å². The van der Waals surface area contributed by atoms with Crippen molar-refractivity contribution in [3.05, 3.63) is 58.4 Å². The molecule has 0 unspecified atom stereocenters. The quantitative estimate of drug-likeness (QED) is 0.454. The van der Waals surface area contributed by atoms with Gasteiger partial charge in [-0.3, -0.25) is 0 Å². The van der Waals surface area contributed by atoms with Crippen LogP contribution >= 0.6 is 0 Å². The van der Waals surface area contributed by atoms with E-state index in [1.54, 1.807) is 36.4 Å². The van der Waals surface area contributed by atoms with Gasteiger partial charge in [-0.2, -0.15) is 13.2 Å². The highest BCUT2D eigenvalue weighted by atomic mass is 19.4. The highest BCUT2D eigenvalue weighted by molar-refractivity contribution is 5.95. The normalized spacial score (nSPS) is 12.2. The first kappa shape index (κ1) is 11.8. The summed E-state index contributed by atoms with van der Waals surface area (Å²) in [4.78, 5) is 11.3. The Morgan fingerprint density at radius 2 is 1.53 bits per heavy atom. The fourth-order valence-electron chi connectivity index (χ4n) is 2.01. The maximum absolute atomic E-state index is 12.6. The van der Waals surface area contributed by atoms with Crippen molar-refractivity contribution in [2.24, 2.45) is 0 Å². The topological polar surface area (TPSA) is 30.2 Å². The molecular formula is C14H7F3O2. The lowest BCUT2D eigenvalue weighted by atomic mass is 10.1. The Bertz CT molecular complexity index is 831. The third-order valence-corrected chi connectivity index (χ3v) is 2.91. The van der Waals surface area contributed by atoms with E-state index < -0.39 is 17.4 Å². The summed E-state index contributed by atoms with van der Waals surface area (Å²) < 4.78 is 42.6. The van der Waals surface area contributed by atoms with Gasteiger partial charge in [-0.1, -0.05) is 24.3 Å². The number of benzene rings is 2. The molecule has 2 aromatic carbocycles.